The van der Waals surface area contributed by atoms with Crippen molar-refractivity contribution in [2.24, 2.45) is 0 Å². The van der Waals surface area contributed by atoms with E-state index < -0.39 is 0 Å². The number of carbonyl (C=O) groups is 1. The lowest BCUT2D eigenvalue weighted by molar-refractivity contribution is -0.131. The maximum absolute atomic E-state index is 12.9. The molecular weight excluding hydrogens is 290 g/mol. The SMILES string of the molecule is C[C@@H]1CN(C(=O)Cc2ccc(F)cc2Cl)CCN1.Cl. The van der Waals surface area contributed by atoms with Crippen LogP contribution in [-0.2, 0) is 11.2 Å². The summed E-state index contributed by atoms with van der Waals surface area (Å²) >= 11 is 5.92. The minimum atomic E-state index is -0.382. The average molecular weight is 307 g/mol. The fraction of sp³-hybridized carbons (Fsp3) is 0.462. The predicted octanol–water partition coefficient (Wildman–Crippen LogP) is 2.26. The van der Waals surface area contributed by atoms with Crippen LogP contribution >= 0.6 is 24.0 Å². The molecule has 1 amide bonds. The lowest BCUT2D eigenvalue weighted by atomic mass is 10.1. The van der Waals surface area contributed by atoms with E-state index in [-0.39, 0.29) is 30.6 Å². The van der Waals surface area contributed by atoms with Crippen LogP contribution in [0.15, 0.2) is 18.2 Å². The highest BCUT2D eigenvalue weighted by Gasteiger charge is 2.21. The first kappa shape index (κ1) is 16.2. The van der Waals surface area contributed by atoms with Gasteiger partial charge in [0.2, 0.25) is 5.91 Å². The van der Waals surface area contributed by atoms with Gasteiger partial charge >= 0.3 is 0 Å². The molecule has 1 fully saturated rings. The van der Waals surface area contributed by atoms with Crippen LogP contribution in [0.1, 0.15) is 12.5 Å². The molecule has 0 aliphatic carbocycles. The lowest BCUT2D eigenvalue weighted by Gasteiger charge is -2.32. The molecule has 1 aromatic rings. The minimum absolute atomic E-state index is 0. The second kappa shape index (κ2) is 7.08. The standard InChI is InChI=1S/C13H16ClFN2O.ClH/c1-9-8-17(5-4-16-9)13(18)6-10-2-3-11(15)7-12(10)14;/h2-3,7,9,16H,4-6,8H2,1H3;1H/t9-;/m1./s1. The molecule has 1 N–H and O–H groups in total. The Morgan fingerprint density at radius 3 is 2.95 bits per heavy atom. The monoisotopic (exact) mass is 306 g/mol. The Bertz CT molecular complexity index is 456. The molecule has 1 aliphatic heterocycles. The molecule has 0 aromatic heterocycles. The van der Waals surface area contributed by atoms with Gasteiger partial charge in [0.25, 0.3) is 0 Å². The molecule has 0 radical (unpaired) electrons. The van der Waals surface area contributed by atoms with Gasteiger partial charge in [-0.3, -0.25) is 4.79 Å². The molecule has 0 unspecified atom stereocenters. The quantitative estimate of drug-likeness (QED) is 0.909. The molecule has 0 bridgehead atoms. The molecule has 1 heterocycles. The van der Waals surface area contributed by atoms with Crippen molar-refractivity contribution in [3.8, 4) is 0 Å². The minimum Gasteiger partial charge on any atom is -0.340 e. The number of hydrogen-bond donors (Lipinski definition) is 1. The maximum Gasteiger partial charge on any atom is 0.227 e. The topological polar surface area (TPSA) is 32.3 Å². The van der Waals surface area contributed by atoms with E-state index in [1.165, 1.54) is 12.1 Å². The number of nitrogens with zero attached hydrogens (tertiary/aromatic N) is 1. The number of rotatable bonds is 2. The third-order valence-electron chi connectivity index (χ3n) is 3.08. The maximum atomic E-state index is 12.9. The molecule has 1 atom stereocenters. The summed E-state index contributed by atoms with van der Waals surface area (Å²) in [5.74, 6) is -0.344. The van der Waals surface area contributed by atoms with Crippen LogP contribution in [0.5, 0.6) is 0 Å². The number of hydrogen-bond acceptors (Lipinski definition) is 2. The number of benzene rings is 1. The van der Waals surface area contributed by atoms with Crippen LogP contribution < -0.4 is 5.32 Å². The summed E-state index contributed by atoms with van der Waals surface area (Å²) < 4.78 is 12.9. The zero-order chi connectivity index (χ0) is 13.1. The van der Waals surface area contributed by atoms with Crippen molar-refractivity contribution < 1.29 is 9.18 Å². The molecule has 1 aromatic carbocycles. The molecule has 1 saturated heterocycles. The van der Waals surface area contributed by atoms with Gasteiger partial charge < -0.3 is 10.2 Å². The Hall–Kier alpha value is -0.840. The molecule has 0 saturated carbocycles. The summed E-state index contributed by atoms with van der Waals surface area (Å²) in [4.78, 5) is 13.9. The summed E-state index contributed by atoms with van der Waals surface area (Å²) in [7, 11) is 0. The summed E-state index contributed by atoms with van der Waals surface area (Å²) in [6, 6.07) is 4.45. The first-order valence-electron chi connectivity index (χ1n) is 6.01. The molecule has 19 heavy (non-hydrogen) atoms. The largest absolute Gasteiger partial charge is 0.340 e. The van der Waals surface area contributed by atoms with Gasteiger partial charge in [-0.25, -0.2) is 4.39 Å². The van der Waals surface area contributed by atoms with E-state index in [1.807, 2.05) is 11.8 Å². The number of nitrogens with one attached hydrogen (secondary N) is 1. The van der Waals surface area contributed by atoms with E-state index >= 15 is 0 Å². The number of piperazine rings is 1. The lowest BCUT2D eigenvalue weighted by Crippen LogP contribution is -2.51. The molecule has 3 nitrogen and oxygen atoms in total. The van der Waals surface area contributed by atoms with Gasteiger partial charge in [0.05, 0.1) is 6.42 Å². The van der Waals surface area contributed by atoms with Crippen molar-refractivity contribution in [3.63, 3.8) is 0 Å². The summed E-state index contributed by atoms with van der Waals surface area (Å²) in [6.45, 7) is 4.27. The van der Waals surface area contributed by atoms with E-state index in [1.54, 1.807) is 6.07 Å². The van der Waals surface area contributed by atoms with Crippen molar-refractivity contribution in [3.05, 3.63) is 34.6 Å². The zero-order valence-corrected chi connectivity index (χ0v) is 12.2. The first-order valence-corrected chi connectivity index (χ1v) is 6.39. The highest BCUT2D eigenvalue weighted by molar-refractivity contribution is 6.31. The van der Waals surface area contributed by atoms with Gasteiger partial charge in [-0.2, -0.15) is 0 Å². The summed E-state index contributed by atoms with van der Waals surface area (Å²) in [5, 5.41) is 3.59. The Morgan fingerprint density at radius 1 is 1.58 bits per heavy atom. The number of halogens is 3. The first-order chi connectivity index (χ1) is 8.56. The second-order valence-corrected chi connectivity index (χ2v) is 5.01. The Morgan fingerprint density at radius 2 is 2.32 bits per heavy atom. The van der Waals surface area contributed by atoms with Gasteiger partial charge in [-0.15, -0.1) is 12.4 Å². The predicted molar refractivity (Wildman–Crippen MR) is 76.4 cm³/mol. The third-order valence-corrected chi connectivity index (χ3v) is 3.43. The number of carbonyl (C=O) groups excluding carboxylic acids is 1. The van der Waals surface area contributed by atoms with Crippen LogP contribution in [-0.4, -0.2) is 36.5 Å². The summed E-state index contributed by atoms with van der Waals surface area (Å²) in [6.07, 6.45) is 0.228. The third kappa shape index (κ3) is 4.34. The van der Waals surface area contributed by atoms with Gasteiger partial charge in [0.1, 0.15) is 5.82 Å². The Labute approximate surface area is 123 Å². The van der Waals surface area contributed by atoms with Gasteiger partial charge in [0, 0.05) is 30.7 Å². The van der Waals surface area contributed by atoms with Crippen molar-refractivity contribution in [2.75, 3.05) is 19.6 Å². The fourth-order valence-corrected chi connectivity index (χ4v) is 2.33. The summed E-state index contributed by atoms with van der Waals surface area (Å²) in [5.41, 5.74) is 0.675. The van der Waals surface area contributed by atoms with Crippen LogP contribution in [0.2, 0.25) is 5.02 Å². The van der Waals surface area contributed by atoms with E-state index in [2.05, 4.69) is 5.32 Å². The molecule has 0 spiro atoms. The molecule has 106 valence electrons. The van der Waals surface area contributed by atoms with Crippen molar-refractivity contribution in [2.45, 2.75) is 19.4 Å². The number of amides is 1. The average Bonchev–Trinajstić information content (AvgIpc) is 2.32. The normalized spacial score (nSPS) is 18.9. The smallest absolute Gasteiger partial charge is 0.227 e. The van der Waals surface area contributed by atoms with Gasteiger partial charge in [-0.1, -0.05) is 17.7 Å². The van der Waals surface area contributed by atoms with E-state index in [0.717, 1.165) is 6.54 Å². The second-order valence-electron chi connectivity index (χ2n) is 4.61. The highest BCUT2D eigenvalue weighted by Crippen LogP contribution is 2.18. The van der Waals surface area contributed by atoms with Crippen molar-refractivity contribution in [1.82, 2.24) is 10.2 Å². The van der Waals surface area contributed by atoms with E-state index in [4.69, 9.17) is 11.6 Å². The van der Waals surface area contributed by atoms with Gasteiger partial charge in [0.15, 0.2) is 0 Å². The zero-order valence-electron chi connectivity index (χ0n) is 10.7. The molecule has 1 aliphatic rings. The Kier molecular flexibility index (Phi) is 6.04. The highest BCUT2D eigenvalue weighted by atomic mass is 35.5. The van der Waals surface area contributed by atoms with E-state index in [0.29, 0.717) is 29.7 Å². The van der Waals surface area contributed by atoms with Crippen LogP contribution in [0, 0.1) is 5.82 Å². The van der Waals surface area contributed by atoms with Gasteiger partial charge in [-0.05, 0) is 24.6 Å². The Balaban J connectivity index is 0.00000180. The van der Waals surface area contributed by atoms with E-state index in [9.17, 15) is 9.18 Å². The van der Waals surface area contributed by atoms with Crippen molar-refractivity contribution >= 4 is 29.9 Å². The molecule has 6 heteroatoms. The fourth-order valence-electron chi connectivity index (χ4n) is 2.10. The molecule has 2 rings (SSSR count). The van der Waals surface area contributed by atoms with Crippen LogP contribution in [0.3, 0.4) is 0 Å². The van der Waals surface area contributed by atoms with Crippen molar-refractivity contribution in [1.29, 1.82) is 0 Å². The van der Waals surface area contributed by atoms with Crippen LogP contribution in [0.25, 0.3) is 0 Å². The van der Waals surface area contributed by atoms with Crippen LogP contribution in [0.4, 0.5) is 4.39 Å². The molecular formula is C13H17Cl2FN2O.